The standard InChI is InChI=1S/C25H22FN7O5S/c1-12-5-15(20-17(6-12)31-19(35-3)10-27-20)22-32-18-7-16(26)21(33-23(18)39-22)38-13(2)11-37-25(34)30-14-8-28-24(36-4)29-9-14/h5-10,13H,11H2,1-4H3,(H,30,34)/t13-/m0/s1. The Balaban J connectivity index is 1.30. The molecule has 0 fully saturated rings. The maximum Gasteiger partial charge on any atom is 0.411 e. The minimum absolute atomic E-state index is 0.159. The van der Waals surface area contributed by atoms with Gasteiger partial charge in [0.25, 0.3) is 5.88 Å². The Hall–Kier alpha value is -4.72. The number of aromatic nitrogens is 6. The first-order valence-electron chi connectivity index (χ1n) is 11.6. The van der Waals surface area contributed by atoms with E-state index in [2.05, 4.69) is 35.2 Å². The van der Waals surface area contributed by atoms with E-state index >= 15 is 0 Å². The van der Waals surface area contributed by atoms with Gasteiger partial charge in [0.05, 0.1) is 49.5 Å². The average molecular weight is 552 g/mol. The van der Waals surface area contributed by atoms with Crippen LogP contribution in [0, 0.1) is 12.7 Å². The smallest absolute Gasteiger partial charge is 0.411 e. The number of aryl methyl sites for hydroxylation is 1. The van der Waals surface area contributed by atoms with Crippen LogP contribution in [0.5, 0.6) is 17.8 Å². The molecule has 4 heterocycles. The Bertz CT molecular complexity index is 1670. The van der Waals surface area contributed by atoms with Gasteiger partial charge in [0.1, 0.15) is 28.1 Å². The molecule has 5 aromatic rings. The Kier molecular flexibility index (Phi) is 7.27. The summed E-state index contributed by atoms with van der Waals surface area (Å²) >= 11 is 1.27. The van der Waals surface area contributed by atoms with Gasteiger partial charge in [-0.05, 0) is 31.5 Å². The normalized spacial score (nSPS) is 11.8. The monoisotopic (exact) mass is 551 g/mol. The second kappa shape index (κ2) is 10.9. The second-order valence-electron chi connectivity index (χ2n) is 8.32. The third-order valence-electron chi connectivity index (χ3n) is 5.33. The molecule has 5 rings (SSSR count). The summed E-state index contributed by atoms with van der Waals surface area (Å²) in [5.74, 6) is -0.514. The maximum atomic E-state index is 14.8. The Morgan fingerprint density at radius 1 is 1.03 bits per heavy atom. The number of benzene rings is 1. The first-order chi connectivity index (χ1) is 18.8. The number of methoxy groups -OCH3 is 2. The third kappa shape index (κ3) is 5.75. The maximum absolute atomic E-state index is 14.8. The number of anilines is 1. The number of nitrogens with one attached hydrogen (secondary N) is 1. The van der Waals surface area contributed by atoms with Gasteiger partial charge in [-0.25, -0.2) is 34.1 Å². The van der Waals surface area contributed by atoms with Gasteiger partial charge >= 0.3 is 12.1 Å². The number of rotatable bonds is 8. The zero-order valence-corrected chi connectivity index (χ0v) is 22.1. The van der Waals surface area contributed by atoms with Crippen molar-refractivity contribution < 1.29 is 28.1 Å². The van der Waals surface area contributed by atoms with Crippen molar-refractivity contribution in [3.05, 3.63) is 48.2 Å². The van der Waals surface area contributed by atoms with Gasteiger partial charge in [-0.3, -0.25) is 5.32 Å². The number of pyridine rings is 1. The third-order valence-corrected chi connectivity index (χ3v) is 6.33. The lowest BCUT2D eigenvalue weighted by Crippen LogP contribution is -2.24. The molecule has 39 heavy (non-hydrogen) atoms. The van der Waals surface area contributed by atoms with Crippen molar-refractivity contribution in [2.75, 3.05) is 26.1 Å². The zero-order chi connectivity index (χ0) is 27.5. The largest absolute Gasteiger partial charge is 0.480 e. The number of carbonyl (C=O) groups is 1. The molecule has 1 N–H and O–H groups in total. The topological polar surface area (TPSA) is 143 Å². The van der Waals surface area contributed by atoms with Crippen molar-refractivity contribution in [2.24, 2.45) is 0 Å². The molecule has 12 nitrogen and oxygen atoms in total. The molecular formula is C25H22FN7O5S. The minimum atomic E-state index is -0.749. The number of thiazole rings is 1. The molecule has 0 aliphatic carbocycles. The zero-order valence-electron chi connectivity index (χ0n) is 21.3. The Morgan fingerprint density at radius 2 is 1.82 bits per heavy atom. The molecule has 4 aromatic heterocycles. The summed E-state index contributed by atoms with van der Waals surface area (Å²) in [6.07, 6.45) is 2.83. The van der Waals surface area contributed by atoms with Crippen molar-refractivity contribution in [3.63, 3.8) is 0 Å². The molecule has 1 amide bonds. The van der Waals surface area contributed by atoms with E-state index in [1.165, 1.54) is 50.2 Å². The molecule has 200 valence electrons. The van der Waals surface area contributed by atoms with Crippen molar-refractivity contribution in [1.82, 2.24) is 29.9 Å². The number of amides is 1. The van der Waals surface area contributed by atoms with Crippen LogP contribution >= 0.6 is 11.3 Å². The highest BCUT2D eigenvalue weighted by molar-refractivity contribution is 7.21. The first-order valence-corrected chi connectivity index (χ1v) is 12.4. The predicted octanol–water partition coefficient (Wildman–Crippen LogP) is 4.57. The number of hydrogen-bond donors (Lipinski definition) is 1. The van der Waals surface area contributed by atoms with Crippen LogP contribution in [0.25, 0.3) is 32.0 Å². The van der Waals surface area contributed by atoms with Crippen LogP contribution in [0.1, 0.15) is 12.5 Å². The predicted molar refractivity (Wildman–Crippen MR) is 141 cm³/mol. The number of hydrogen-bond acceptors (Lipinski definition) is 12. The fourth-order valence-electron chi connectivity index (χ4n) is 3.59. The molecule has 1 aromatic carbocycles. The molecule has 0 saturated heterocycles. The highest BCUT2D eigenvalue weighted by Gasteiger charge is 2.19. The quantitative estimate of drug-likeness (QED) is 0.289. The van der Waals surface area contributed by atoms with E-state index in [0.717, 1.165) is 11.1 Å². The van der Waals surface area contributed by atoms with Gasteiger partial charge in [-0.2, -0.15) is 4.98 Å². The summed E-state index contributed by atoms with van der Waals surface area (Å²) in [6.45, 7) is 3.40. The lowest BCUT2D eigenvalue weighted by atomic mass is 10.1. The summed E-state index contributed by atoms with van der Waals surface area (Å²) in [4.78, 5) is 38.2. The number of carbonyl (C=O) groups excluding carboxylic acids is 1. The van der Waals surface area contributed by atoms with Crippen molar-refractivity contribution in [1.29, 1.82) is 0 Å². The molecule has 0 saturated carbocycles. The number of fused-ring (bicyclic) bond motifs is 2. The molecule has 0 radical (unpaired) electrons. The van der Waals surface area contributed by atoms with Gasteiger partial charge in [-0.15, -0.1) is 0 Å². The summed E-state index contributed by atoms with van der Waals surface area (Å²) in [5.41, 5.74) is 3.70. The first kappa shape index (κ1) is 25.9. The molecule has 0 bridgehead atoms. The Labute approximate surface area is 225 Å². The summed E-state index contributed by atoms with van der Waals surface area (Å²) in [7, 11) is 2.96. The van der Waals surface area contributed by atoms with E-state index < -0.39 is 18.0 Å². The van der Waals surface area contributed by atoms with E-state index in [9.17, 15) is 9.18 Å². The molecule has 0 aliphatic heterocycles. The number of ether oxygens (including phenoxy) is 4. The molecule has 14 heteroatoms. The van der Waals surface area contributed by atoms with E-state index in [0.29, 0.717) is 38.0 Å². The highest BCUT2D eigenvalue weighted by atomic mass is 32.1. The number of nitrogens with zero attached hydrogens (tertiary/aromatic N) is 6. The van der Waals surface area contributed by atoms with E-state index in [1.54, 1.807) is 6.92 Å². The van der Waals surface area contributed by atoms with Gasteiger partial charge in [0.15, 0.2) is 5.82 Å². The van der Waals surface area contributed by atoms with E-state index in [1.807, 2.05) is 19.1 Å². The lowest BCUT2D eigenvalue weighted by Gasteiger charge is -2.14. The van der Waals surface area contributed by atoms with Crippen molar-refractivity contribution in [2.45, 2.75) is 20.0 Å². The van der Waals surface area contributed by atoms with Crippen LogP contribution in [-0.2, 0) is 4.74 Å². The van der Waals surface area contributed by atoms with Crippen LogP contribution in [-0.4, -0.2) is 62.9 Å². The molecule has 0 aliphatic rings. The summed E-state index contributed by atoms with van der Waals surface area (Å²) in [5, 5.41) is 3.09. The summed E-state index contributed by atoms with van der Waals surface area (Å²) in [6, 6.07) is 5.27. The minimum Gasteiger partial charge on any atom is -0.480 e. The van der Waals surface area contributed by atoms with Crippen LogP contribution < -0.4 is 19.5 Å². The van der Waals surface area contributed by atoms with Gasteiger partial charge in [0.2, 0.25) is 5.88 Å². The molecule has 0 unspecified atom stereocenters. The van der Waals surface area contributed by atoms with E-state index in [4.69, 9.17) is 18.9 Å². The van der Waals surface area contributed by atoms with Crippen molar-refractivity contribution >= 4 is 44.5 Å². The van der Waals surface area contributed by atoms with Gasteiger partial charge in [0, 0.05) is 11.6 Å². The van der Waals surface area contributed by atoms with E-state index in [-0.39, 0.29) is 18.5 Å². The van der Waals surface area contributed by atoms with Crippen LogP contribution in [0.15, 0.2) is 36.8 Å². The average Bonchev–Trinajstić information content (AvgIpc) is 3.34. The molecule has 1 atom stereocenters. The molecular weight excluding hydrogens is 529 g/mol. The lowest BCUT2D eigenvalue weighted by molar-refractivity contribution is 0.0941. The molecule has 0 spiro atoms. The fraction of sp³-hybridized carbons (Fsp3) is 0.240. The van der Waals surface area contributed by atoms with Crippen LogP contribution in [0.3, 0.4) is 0 Å². The summed E-state index contributed by atoms with van der Waals surface area (Å²) < 4.78 is 35.7. The van der Waals surface area contributed by atoms with Crippen molar-refractivity contribution in [3.8, 4) is 28.3 Å². The SMILES string of the molecule is COc1cnc2c(-c3nc4cc(F)c(O[C@@H](C)COC(=O)Nc5cnc(OC)nc5)nc4s3)cc(C)cc2n1. The highest BCUT2D eigenvalue weighted by Crippen LogP contribution is 2.35. The van der Waals surface area contributed by atoms with Crippen LogP contribution in [0.2, 0.25) is 0 Å². The van der Waals surface area contributed by atoms with Crippen LogP contribution in [0.4, 0.5) is 14.9 Å². The number of halogens is 1. The second-order valence-corrected chi connectivity index (χ2v) is 9.30. The van der Waals surface area contributed by atoms with Gasteiger partial charge in [-0.1, -0.05) is 11.3 Å². The fourth-order valence-corrected chi connectivity index (χ4v) is 4.52. The van der Waals surface area contributed by atoms with Gasteiger partial charge < -0.3 is 18.9 Å². The Morgan fingerprint density at radius 3 is 2.56 bits per heavy atom.